The van der Waals surface area contributed by atoms with E-state index in [-0.39, 0.29) is 11.8 Å². The van der Waals surface area contributed by atoms with Crippen LogP contribution in [-0.4, -0.2) is 24.0 Å². The van der Waals surface area contributed by atoms with Crippen LogP contribution in [0.5, 0.6) is 0 Å². The summed E-state index contributed by atoms with van der Waals surface area (Å²) in [6, 6.07) is 0. The first kappa shape index (κ1) is 13.7. The molecule has 0 spiro atoms. The SMILES string of the molecule is COC(=O)c1sc(NC(=O)[C@H]2CC=CCC2)nc1C. The van der Waals surface area contributed by atoms with Crippen LogP contribution in [0.15, 0.2) is 12.2 Å². The smallest absolute Gasteiger partial charge is 0.350 e. The van der Waals surface area contributed by atoms with Crippen molar-refractivity contribution in [2.75, 3.05) is 12.4 Å². The first-order valence-corrected chi connectivity index (χ1v) is 6.95. The molecule has 1 N–H and O–H groups in total. The lowest BCUT2D eigenvalue weighted by molar-refractivity contribution is -0.120. The molecule has 0 radical (unpaired) electrons. The highest BCUT2D eigenvalue weighted by molar-refractivity contribution is 7.17. The Kier molecular flexibility index (Phi) is 4.31. The number of rotatable bonds is 3. The molecule has 1 aliphatic carbocycles. The van der Waals surface area contributed by atoms with Gasteiger partial charge in [0.1, 0.15) is 4.88 Å². The lowest BCUT2D eigenvalue weighted by Crippen LogP contribution is -2.23. The second-order valence-corrected chi connectivity index (χ2v) is 5.39. The Morgan fingerprint density at radius 1 is 1.47 bits per heavy atom. The topological polar surface area (TPSA) is 68.3 Å². The van der Waals surface area contributed by atoms with Gasteiger partial charge < -0.3 is 10.1 Å². The third-order valence-corrected chi connectivity index (χ3v) is 4.09. The van der Waals surface area contributed by atoms with Crippen molar-refractivity contribution in [3.05, 3.63) is 22.7 Å². The molecule has 0 aliphatic heterocycles. The number of carbonyl (C=O) groups excluding carboxylic acids is 2. The molecule has 1 atom stereocenters. The number of carbonyl (C=O) groups is 2. The number of aromatic nitrogens is 1. The van der Waals surface area contributed by atoms with Crippen molar-refractivity contribution in [3.8, 4) is 0 Å². The lowest BCUT2D eigenvalue weighted by atomic mass is 9.94. The van der Waals surface area contributed by atoms with Crippen LogP contribution in [0, 0.1) is 12.8 Å². The van der Waals surface area contributed by atoms with Crippen molar-refractivity contribution in [2.24, 2.45) is 5.92 Å². The third-order valence-electron chi connectivity index (χ3n) is 3.04. The minimum atomic E-state index is -0.420. The van der Waals surface area contributed by atoms with Crippen LogP contribution >= 0.6 is 11.3 Å². The van der Waals surface area contributed by atoms with E-state index in [1.165, 1.54) is 7.11 Å². The van der Waals surface area contributed by atoms with Gasteiger partial charge >= 0.3 is 5.97 Å². The summed E-state index contributed by atoms with van der Waals surface area (Å²) in [7, 11) is 1.33. The summed E-state index contributed by atoms with van der Waals surface area (Å²) in [6.45, 7) is 1.72. The Labute approximate surface area is 115 Å². The second-order valence-electron chi connectivity index (χ2n) is 4.40. The van der Waals surface area contributed by atoms with Gasteiger partial charge in [-0.15, -0.1) is 0 Å². The largest absolute Gasteiger partial charge is 0.465 e. The fraction of sp³-hybridized carbons (Fsp3) is 0.462. The summed E-state index contributed by atoms with van der Waals surface area (Å²) in [6.07, 6.45) is 6.67. The maximum absolute atomic E-state index is 12.0. The number of allylic oxidation sites excluding steroid dienone is 2. The highest BCUT2D eigenvalue weighted by Gasteiger charge is 2.21. The zero-order chi connectivity index (χ0) is 13.8. The van der Waals surface area contributed by atoms with Crippen molar-refractivity contribution >= 4 is 28.3 Å². The van der Waals surface area contributed by atoms with E-state index >= 15 is 0 Å². The standard InChI is InChI=1S/C13H16N2O3S/c1-8-10(12(17)18-2)19-13(14-8)15-11(16)9-6-4-3-5-7-9/h3-4,9H,5-7H2,1-2H3,(H,14,15,16)/t9-/m0/s1. The van der Waals surface area contributed by atoms with Crippen molar-refractivity contribution in [1.29, 1.82) is 0 Å². The quantitative estimate of drug-likeness (QED) is 0.682. The molecule has 1 aliphatic rings. The molecule has 2 rings (SSSR count). The molecule has 6 heteroatoms. The molecule has 1 amide bonds. The number of ether oxygens (including phenoxy) is 1. The number of methoxy groups -OCH3 is 1. The van der Waals surface area contributed by atoms with E-state index in [4.69, 9.17) is 0 Å². The summed E-state index contributed by atoms with van der Waals surface area (Å²) in [4.78, 5) is 28.1. The number of hydrogen-bond donors (Lipinski definition) is 1. The number of anilines is 1. The zero-order valence-electron chi connectivity index (χ0n) is 10.9. The molecular formula is C13H16N2O3S. The summed E-state index contributed by atoms with van der Waals surface area (Å²) >= 11 is 1.15. The van der Waals surface area contributed by atoms with Crippen molar-refractivity contribution in [2.45, 2.75) is 26.2 Å². The van der Waals surface area contributed by atoms with E-state index in [1.54, 1.807) is 6.92 Å². The Bertz CT molecular complexity index is 522. The van der Waals surface area contributed by atoms with Crippen molar-refractivity contribution in [1.82, 2.24) is 4.98 Å². The predicted molar refractivity (Wildman–Crippen MR) is 73.3 cm³/mol. The van der Waals surface area contributed by atoms with E-state index in [0.717, 1.165) is 30.6 Å². The average Bonchev–Trinajstić information content (AvgIpc) is 2.79. The monoisotopic (exact) mass is 280 g/mol. The van der Waals surface area contributed by atoms with Gasteiger partial charge in [0.2, 0.25) is 5.91 Å². The molecule has 0 aromatic carbocycles. The van der Waals surface area contributed by atoms with Crippen LogP contribution in [0.2, 0.25) is 0 Å². The summed E-state index contributed by atoms with van der Waals surface area (Å²) < 4.78 is 4.66. The molecule has 1 aromatic rings. The number of esters is 1. The van der Waals surface area contributed by atoms with E-state index in [9.17, 15) is 9.59 Å². The van der Waals surface area contributed by atoms with Gasteiger partial charge in [-0.1, -0.05) is 23.5 Å². The number of nitrogens with one attached hydrogen (secondary N) is 1. The highest BCUT2D eigenvalue weighted by atomic mass is 32.1. The van der Waals surface area contributed by atoms with Crippen LogP contribution < -0.4 is 5.32 Å². The van der Waals surface area contributed by atoms with Crippen LogP contribution in [0.3, 0.4) is 0 Å². The van der Waals surface area contributed by atoms with Gasteiger partial charge in [-0.2, -0.15) is 0 Å². The van der Waals surface area contributed by atoms with Gasteiger partial charge in [0.25, 0.3) is 0 Å². The normalized spacial score (nSPS) is 18.1. The predicted octanol–water partition coefficient (Wildman–Crippen LogP) is 2.53. The molecule has 0 bridgehead atoms. The first-order valence-electron chi connectivity index (χ1n) is 6.13. The number of hydrogen-bond acceptors (Lipinski definition) is 5. The maximum atomic E-state index is 12.0. The first-order chi connectivity index (χ1) is 9.11. The van der Waals surface area contributed by atoms with E-state index in [1.807, 2.05) is 6.08 Å². The molecule has 5 nitrogen and oxygen atoms in total. The van der Waals surface area contributed by atoms with Gasteiger partial charge in [0, 0.05) is 5.92 Å². The Balaban J connectivity index is 2.05. The van der Waals surface area contributed by atoms with Crippen LogP contribution in [0.25, 0.3) is 0 Å². The van der Waals surface area contributed by atoms with E-state index < -0.39 is 5.97 Å². The van der Waals surface area contributed by atoms with Crippen LogP contribution in [0.1, 0.15) is 34.6 Å². The number of aryl methyl sites for hydroxylation is 1. The summed E-state index contributed by atoms with van der Waals surface area (Å²) in [5, 5.41) is 3.23. The van der Waals surface area contributed by atoms with Gasteiger partial charge in [0.05, 0.1) is 12.8 Å². The molecule has 1 aromatic heterocycles. The Morgan fingerprint density at radius 3 is 2.89 bits per heavy atom. The van der Waals surface area contributed by atoms with Crippen molar-refractivity contribution in [3.63, 3.8) is 0 Å². The zero-order valence-corrected chi connectivity index (χ0v) is 11.8. The Morgan fingerprint density at radius 2 is 2.26 bits per heavy atom. The van der Waals surface area contributed by atoms with Gasteiger partial charge in [-0.05, 0) is 26.2 Å². The van der Waals surface area contributed by atoms with E-state index in [0.29, 0.717) is 15.7 Å². The minimum absolute atomic E-state index is 0.00390. The van der Waals surface area contributed by atoms with Crippen LogP contribution in [0.4, 0.5) is 5.13 Å². The lowest BCUT2D eigenvalue weighted by Gasteiger charge is -2.15. The number of nitrogens with zero attached hydrogens (tertiary/aromatic N) is 1. The fourth-order valence-electron chi connectivity index (χ4n) is 1.97. The summed E-state index contributed by atoms with van der Waals surface area (Å²) in [5.41, 5.74) is 0.579. The van der Waals surface area contributed by atoms with Crippen LogP contribution in [-0.2, 0) is 9.53 Å². The fourth-order valence-corrected chi connectivity index (χ4v) is 2.86. The minimum Gasteiger partial charge on any atom is -0.465 e. The molecule has 0 saturated carbocycles. The van der Waals surface area contributed by atoms with Gasteiger partial charge in [0.15, 0.2) is 5.13 Å². The molecule has 0 unspecified atom stereocenters. The molecule has 1 heterocycles. The highest BCUT2D eigenvalue weighted by Crippen LogP contribution is 2.25. The molecule has 102 valence electrons. The molecular weight excluding hydrogens is 264 g/mol. The second kappa shape index (κ2) is 5.97. The maximum Gasteiger partial charge on any atom is 0.350 e. The summed E-state index contributed by atoms with van der Waals surface area (Å²) in [5.74, 6) is -0.457. The third kappa shape index (κ3) is 3.20. The number of amides is 1. The number of thiazole rings is 1. The Hall–Kier alpha value is -1.69. The van der Waals surface area contributed by atoms with Gasteiger partial charge in [-0.3, -0.25) is 4.79 Å². The molecule has 0 fully saturated rings. The average molecular weight is 280 g/mol. The molecule has 19 heavy (non-hydrogen) atoms. The van der Waals surface area contributed by atoms with Crippen molar-refractivity contribution < 1.29 is 14.3 Å². The van der Waals surface area contributed by atoms with Gasteiger partial charge in [-0.25, -0.2) is 9.78 Å². The molecule has 0 saturated heterocycles. The van der Waals surface area contributed by atoms with E-state index in [2.05, 4.69) is 21.1 Å².